The van der Waals surface area contributed by atoms with Crippen LogP contribution in [0.4, 0.5) is 11.4 Å². The van der Waals surface area contributed by atoms with Crippen LogP contribution in [0.25, 0.3) is 6.08 Å². The zero-order valence-corrected chi connectivity index (χ0v) is 15.3. The summed E-state index contributed by atoms with van der Waals surface area (Å²) in [4.78, 5) is 14.9. The number of carbonyl (C=O) groups excluding carboxylic acids is 1. The van der Waals surface area contributed by atoms with Crippen LogP contribution in [0.5, 0.6) is 0 Å². The topological polar surface area (TPSA) is 35.9 Å². The Morgan fingerprint density at radius 1 is 1.12 bits per heavy atom. The van der Waals surface area contributed by atoms with E-state index in [-0.39, 0.29) is 5.91 Å². The molecule has 2 aromatic carbocycles. The molecular weight excluding hydrogens is 334 g/mol. The highest BCUT2D eigenvalue weighted by Gasteiger charge is 2.28. The monoisotopic (exact) mass is 353 g/mol. The molecule has 5 heteroatoms. The van der Waals surface area contributed by atoms with Gasteiger partial charge < -0.3 is 4.90 Å². The van der Waals surface area contributed by atoms with Gasteiger partial charge in [-0.3, -0.25) is 4.79 Å². The Labute approximate surface area is 153 Å². The lowest BCUT2D eigenvalue weighted by Gasteiger charge is -2.16. The zero-order chi connectivity index (χ0) is 18.0. The van der Waals surface area contributed by atoms with Crippen LogP contribution in [0.15, 0.2) is 59.2 Å². The number of nitrogens with zero attached hydrogens (tertiary/aromatic N) is 3. The van der Waals surface area contributed by atoms with Crippen LogP contribution in [0.3, 0.4) is 0 Å². The molecule has 0 saturated heterocycles. The van der Waals surface area contributed by atoms with Gasteiger partial charge in [-0.05, 0) is 61.9 Å². The zero-order valence-electron chi connectivity index (χ0n) is 14.5. The van der Waals surface area contributed by atoms with E-state index in [1.165, 1.54) is 5.01 Å². The van der Waals surface area contributed by atoms with Gasteiger partial charge in [-0.25, -0.2) is 0 Å². The molecule has 1 aliphatic rings. The van der Waals surface area contributed by atoms with Gasteiger partial charge in [-0.1, -0.05) is 23.7 Å². The predicted molar refractivity (Wildman–Crippen MR) is 105 cm³/mol. The van der Waals surface area contributed by atoms with Crippen LogP contribution in [0.2, 0.25) is 5.02 Å². The Kier molecular flexibility index (Phi) is 4.91. The van der Waals surface area contributed by atoms with Crippen LogP contribution in [-0.2, 0) is 4.79 Å². The van der Waals surface area contributed by atoms with Gasteiger partial charge >= 0.3 is 0 Å². The summed E-state index contributed by atoms with van der Waals surface area (Å²) in [5, 5.41) is 6.43. The van der Waals surface area contributed by atoms with Gasteiger partial charge in [-0.2, -0.15) is 10.1 Å². The van der Waals surface area contributed by atoms with E-state index in [0.29, 0.717) is 22.0 Å². The molecule has 0 N–H and O–H groups in total. The third kappa shape index (κ3) is 3.59. The van der Waals surface area contributed by atoms with E-state index in [1.807, 2.05) is 25.1 Å². The Morgan fingerprint density at radius 3 is 2.36 bits per heavy atom. The number of hydrogen-bond acceptors (Lipinski definition) is 3. The molecule has 0 aliphatic carbocycles. The fraction of sp³-hybridized carbons (Fsp3) is 0.200. The van der Waals surface area contributed by atoms with Crippen molar-refractivity contribution in [2.75, 3.05) is 23.5 Å². The molecule has 3 rings (SSSR count). The summed E-state index contributed by atoms with van der Waals surface area (Å²) in [5.41, 5.74) is 4.14. The molecule has 25 heavy (non-hydrogen) atoms. The fourth-order valence-corrected chi connectivity index (χ4v) is 2.74. The van der Waals surface area contributed by atoms with Crippen molar-refractivity contribution in [1.29, 1.82) is 0 Å². The van der Waals surface area contributed by atoms with Gasteiger partial charge in [0.25, 0.3) is 5.91 Å². The lowest BCUT2D eigenvalue weighted by molar-refractivity contribution is -0.114. The molecule has 0 saturated carbocycles. The van der Waals surface area contributed by atoms with E-state index in [9.17, 15) is 4.79 Å². The molecule has 0 spiro atoms. The SMILES string of the molecule is CCN(C)c1ccc(C=C2C(=O)N(c3ccc(Cl)cc3)N=C2C)cc1. The average molecular weight is 354 g/mol. The average Bonchev–Trinajstić information content (AvgIpc) is 2.90. The second-order valence-corrected chi connectivity index (χ2v) is 6.38. The van der Waals surface area contributed by atoms with Gasteiger partial charge in [0.2, 0.25) is 0 Å². The Morgan fingerprint density at radius 2 is 1.76 bits per heavy atom. The Bertz CT molecular complexity index is 838. The van der Waals surface area contributed by atoms with Gasteiger partial charge in [0.15, 0.2) is 0 Å². The number of benzene rings is 2. The largest absolute Gasteiger partial charge is 0.375 e. The minimum Gasteiger partial charge on any atom is -0.375 e. The van der Waals surface area contributed by atoms with E-state index in [4.69, 9.17) is 11.6 Å². The summed E-state index contributed by atoms with van der Waals surface area (Å²) in [5.74, 6) is -0.130. The van der Waals surface area contributed by atoms with Crippen LogP contribution in [-0.4, -0.2) is 25.2 Å². The standard InChI is InChI=1S/C20H20ClN3O/c1-4-23(3)17-9-5-15(6-10-17)13-19-14(2)22-24(20(19)25)18-11-7-16(21)8-12-18/h5-13H,4H2,1-3H3. The van der Waals surface area contributed by atoms with Crippen molar-refractivity contribution in [3.05, 3.63) is 64.7 Å². The van der Waals surface area contributed by atoms with E-state index in [0.717, 1.165) is 17.8 Å². The molecule has 0 bridgehead atoms. The van der Waals surface area contributed by atoms with E-state index < -0.39 is 0 Å². The molecule has 0 radical (unpaired) electrons. The molecular formula is C20H20ClN3O. The summed E-state index contributed by atoms with van der Waals surface area (Å²) < 4.78 is 0. The third-order valence-electron chi connectivity index (χ3n) is 4.25. The molecule has 128 valence electrons. The lowest BCUT2D eigenvalue weighted by atomic mass is 10.1. The van der Waals surface area contributed by atoms with Crippen molar-refractivity contribution >= 4 is 40.7 Å². The number of carbonyl (C=O) groups is 1. The molecule has 0 atom stereocenters. The summed E-state index contributed by atoms with van der Waals surface area (Å²) >= 11 is 5.91. The van der Waals surface area contributed by atoms with E-state index in [2.05, 4.69) is 36.1 Å². The van der Waals surface area contributed by atoms with Crippen molar-refractivity contribution in [3.8, 4) is 0 Å². The molecule has 1 aliphatic heterocycles. The minimum absolute atomic E-state index is 0.130. The number of amides is 1. The number of rotatable bonds is 4. The normalized spacial score (nSPS) is 15.7. The highest BCUT2D eigenvalue weighted by Crippen LogP contribution is 2.26. The summed E-state index contributed by atoms with van der Waals surface area (Å²) in [7, 11) is 2.05. The molecule has 4 nitrogen and oxygen atoms in total. The Balaban J connectivity index is 1.85. The van der Waals surface area contributed by atoms with E-state index in [1.54, 1.807) is 24.3 Å². The van der Waals surface area contributed by atoms with Crippen molar-refractivity contribution < 1.29 is 4.79 Å². The first-order valence-electron chi connectivity index (χ1n) is 8.18. The van der Waals surface area contributed by atoms with Crippen LogP contribution >= 0.6 is 11.6 Å². The fourth-order valence-electron chi connectivity index (χ4n) is 2.62. The van der Waals surface area contributed by atoms with Crippen LogP contribution < -0.4 is 9.91 Å². The van der Waals surface area contributed by atoms with Gasteiger partial charge in [0.1, 0.15) is 0 Å². The highest BCUT2D eigenvalue weighted by atomic mass is 35.5. The maximum Gasteiger partial charge on any atom is 0.280 e. The molecule has 1 heterocycles. The van der Waals surface area contributed by atoms with Crippen molar-refractivity contribution in [2.24, 2.45) is 5.10 Å². The lowest BCUT2D eigenvalue weighted by Crippen LogP contribution is -2.21. The summed E-state index contributed by atoms with van der Waals surface area (Å²) in [6.07, 6.45) is 1.88. The van der Waals surface area contributed by atoms with Crippen molar-refractivity contribution in [1.82, 2.24) is 0 Å². The van der Waals surface area contributed by atoms with Crippen LogP contribution in [0, 0.1) is 0 Å². The van der Waals surface area contributed by atoms with E-state index >= 15 is 0 Å². The molecule has 1 amide bonds. The first kappa shape index (κ1) is 17.2. The number of anilines is 2. The Hall–Kier alpha value is -2.59. The molecule has 2 aromatic rings. The maximum absolute atomic E-state index is 12.7. The smallest absolute Gasteiger partial charge is 0.280 e. The second-order valence-electron chi connectivity index (χ2n) is 5.94. The van der Waals surface area contributed by atoms with Gasteiger partial charge in [0.05, 0.1) is 17.0 Å². The van der Waals surface area contributed by atoms with Gasteiger partial charge in [0, 0.05) is 24.3 Å². The predicted octanol–water partition coefficient (Wildman–Crippen LogP) is 4.60. The third-order valence-corrected chi connectivity index (χ3v) is 4.50. The first-order valence-corrected chi connectivity index (χ1v) is 8.56. The van der Waals surface area contributed by atoms with Gasteiger partial charge in [-0.15, -0.1) is 0 Å². The maximum atomic E-state index is 12.7. The first-order chi connectivity index (χ1) is 12.0. The second kappa shape index (κ2) is 7.11. The quantitative estimate of drug-likeness (QED) is 0.753. The van der Waals surface area contributed by atoms with Crippen LogP contribution in [0.1, 0.15) is 19.4 Å². The summed E-state index contributed by atoms with van der Waals surface area (Å²) in [6.45, 7) is 4.90. The highest BCUT2D eigenvalue weighted by molar-refractivity contribution is 6.32. The number of halogens is 1. The number of hydrazone groups is 1. The number of hydrogen-bond donors (Lipinski definition) is 0. The molecule has 0 unspecified atom stereocenters. The molecule has 0 fully saturated rings. The molecule has 0 aromatic heterocycles. The van der Waals surface area contributed by atoms with Crippen molar-refractivity contribution in [3.63, 3.8) is 0 Å². The van der Waals surface area contributed by atoms with Crippen molar-refractivity contribution in [2.45, 2.75) is 13.8 Å². The summed E-state index contributed by atoms with van der Waals surface area (Å²) in [6, 6.07) is 15.2. The minimum atomic E-state index is -0.130.